The van der Waals surface area contributed by atoms with Crippen molar-refractivity contribution in [2.45, 2.75) is 0 Å². The van der Waals surface area contributed by atoms with E-state index in [1.807, 2.05) is 37.5 Å². The van der Waals surface area contributed by atoms with Crippen LogP contribution in [0.2, 0.25) is 5.02 Å². The predicted octanol–water partition coefficient (Wildman–Crippen LogP) is 4.41. The molecule has 0 radical (unpaired) electrons. The maximum absolute atomic E-state index is 6.44. The van der Waals surface area contributed by atoms with Gasteiger partial charge in [0.1, 0.15) is 5.69 Å². The molecule has 6 heteroatoms. The second-order valence-corrected chi connectivity index (χ2v) is 6.21. The van der Waals surface area contributed by atoms with E-state index in [0.29, 0.717) is 5.02 Å². The van der Waals surface area contributed by atoms with Crippen molar-refractivity contribution in [2.75, 3.05) is 0 Å². The van der Waals surface area contributed by atoms with Crippen LogP contribution in [0.5, 0.6) is 0 Å². The summed E-state index contributed by atoms with van der Waals surface area (Å²) in [6.07, 6.45) is 5.46. The van der Waals surface area contributed by atoms with Crippen LogP contribution in [0, 0.1) is 0 Å². The van der Waals surface area contributed by atoms with Crippen LogP contribution in [0.3, 0.4) is 0 Å². The highest BCUT2D eigenvalue weighted by molar-refractivity contribution is 7.18. The Morgan fingerprint density at radius 1 is 1.14 bits per heavy atom. The minimum Gasteiger partial charge on any atom is -0.275 e. The highest BCUT2D eigenvalue weighted by Gasteiger charge is 2.14. The second kappa shape index (κ2) is 5.19. The average Bonchev–Trinajstić information content (AvgIpc) is 3.14. The lowest BCUT2D eigenvalue weighted by molar-refractivity contribution is 0.770. The smallest absolute Gasteiger partial charge is 0.111 e. The number of nitrogens with zero attached hydrogens (tertiary/aromatic N) is 4. The van der Waals surface area contributed by atoms with Crippen molar-refractivity contribution in [1.82, 2.24) is 19.7 Å². The predicted molar refractivity (Wildman–Crippen MR) is 90.1 cm³/mol. The zero-order valence-electron chi connectivity index (χ0n) is 11.7. The Labute approximate surface area is 136 Å². The Bertz CT molecular complexity index is 959. The number of rotatable bonds is 2. The number of fused-ring (bicyclic) bond motifs is 1. The fourth-order valence-corrected chi connectivity index (χ4v) is 3.64. The van der Waals surface area contributed by atoms with Gasteiger partial charge in [-0.25, -0.2) is 4.98 Å². The Morgan fingerprint density at radius 2 is 1.95 bits per heavy atom. The number of thiophene rings is 1. The SMILES string of the molecule is Cn1ccc(-c2cc(Cl)c3scc(-c4ccncc4)c3n2)n1. The number of pyridine rings is 2. The topological polar surface area (TPSA) is 43.6 Å². The van der Waals surface area contributed by atoms with Crippen molar-refractivity contribution in [3.63, 3.8) is 0 Å². The standard InChI is InChI=1S/C16H11ClN4S/c1-21-7-4-13(20-21)14-8-12(17)16-15(19-14)11(9-22-16)10-2-5-18-6-3-10/h2-9H,1H3. The Hall–Kier alpha value is -2.24. The van der Waals surface area contributed by atoms with Crippen LogP contribution in [0.4, 0.5) is 0 Å². The molecule has 0 amide bonds. The first-order valence-corrected chi connectivity index (χ1v) is 7.96. The van der Waals surface area contributed by atoms with Gasteiger partial charge in [-0.2, -0.15) is 5.10 Å². The third kappa shape index (κ3) is 2.19. The van der Waals surface area contributed by atoms with Gasteiger partial charge in [-0.1, -0.05) is 11.6 Å². The molecule has 0 atom stereocenters. The monoisotopic (exact) mass is 326 g/mol. The number of hydrogen-bond donors (Lipinski definition) is 0. The molecule has 22 heavy (non-hydrogen) atoms. The van der Waals surface area contributed by atoms with Crippen LogP contribution in [0.1, 0.15) is 0 Å². The molecule has 4 heterocycles. The second-order valence-electron chi connectivity index (χ2n) is 4.93. The van der Waals surface area contributed by atoms with Crippen LogP contribution in [0.25, 0.3) is 32.7 Å². The molecule has 0 bridgehead atoms. The molecule has 0 aliphatic rings. The van der Waals surface area contributed by atoms with Crippen molar-refractivity contribution in [1.29, 1.82) is 0 Å². The van der Waals surface area contributed by atoms with E-state index in [4.69, 9.17) is 16.6 Å². The van der Waals surface area contributed by atoms with Gasteiger partial charge in [-0.15, -0.1) is 11.3 Å². The molecule has 0 aromatic carbocycles. The molecular weight excluding hydrogens is 316 g/mol. The number of aromatic nitrogens is 4. The Kier molecular flexibility index (Phi) is 3.17. The van der Waals surface area contributed by atoms with Gasteiger partial charge in [-0.3, -0.25) is 9.67 Å². The van der Waals surface area contributed by atoms with Gasteiger partial charge < -0.3 is 0 Å². The summed E-state index contributed by atoms with van der Waals surface area (Å²) in [5.41, 5.74) is 4.67. The van der Waals surface area contributed by atoms with Crippen LogP contribution >= 0.6 is 22.9 Å². The molecule has 0 spiro atoms. The van der Waals surface area contributed by atoms with Gasteiger partial charge in [0.15, 0.2) is 0 Å². The fourth-order valence-electron chi connectivity index (χ4n) is 2.39. The summed E-state index contributed by atoms with van der Waals surface area (Å²) in [7, 11) is 1.89. The van der Waals surface area contributed by atoms with Crippen molar-refractivity contribution in [3.8, 4) is 22.5 Å². The maximum atomic E-state index is 6.44. The zero-order chi connectivity index (χ0) is 15.1. The summed E-state index contributed by atoms with van der Waals surface area (Å²) in [5.74, 6) is 0. The summed E-state index contributed by atoms with van der Waals surface area (Å²) in [4.78, 5) is 8.85. The molecule has 0 aliphatic heterocycles. The van der Waals surface area contributed by atoms with Gasteiger partial charge in [0, 0.05) is 36.6 Å². The van der Waals surface area contributed by atoms with Gasteiger partial charge in [-0.05, 0) is 29.8 Å². The quantitative estimate of drug-likeness (QED) is 0.548. The summed E-state index contributed by atoms with van der Waals surface area (Å²) in [6.45, 7) is 0. The third-order valence-corrected chi connectivity index (χ3v) is 4.86. The van der Waals surface area contributed by atoms with E-state index in [1.54, 1.807) is 28.4 Å². The number of hydrogen-bond acceptors (Lipinski definition) is 4. The van der Waals surface area contributed by atoms with Crippen molar-refractivity contribution in [2.24, 2.45) is 7.05 Å². The van der Waals surface area contributed by atoms with Crippen LogP contribution in [-0.4, -0.2) is 19.7 Å². The lowest BCUT2D eigenvalue weighted by Gasteiger charge is -2.02. The van der Waals surface area contributed by atoms with Gasteiger partial charge in [0.05, 0.1) is 20.9 Å². The molecule has 0 saturated heterocycles. The lowest BCUT2D eigenvalue weighted by Crippen LogP contribution is -1.90. The van der Waals surface area contributed by atoms with Crippen LogP contribution in [0.15, 0.2) is 48.2 Å². The van der Waals surface area contributed by atoms with Crippen molar-refractivity contribution in [3.05, 3.63) is 53.3 Å². The fraction of sp³-hybridized carbons (Fsp3) is 0.0625. The van der Waals surface area contributed by atoms with Crippen LogP contribution in [-0.2, 0) is 7.05 Å². The van der Waals surface area contributed by atoms with E-state index in [9.17, 15) is 0 Å². The molecule has 4 nitrogen and oxygen atoms in total. The summed E-state index contributed by atoms with van der Waals surface area (Å²) in [6, 6.07) is 7.76. The van der Waals surface area contributed by atoms with E-state index in [1.165, 1.54) is 0 Å². The minimum atomic E-state index is 0.705. The largest absolute Gasteiger partial charge is 0.275 e. The van der Waals surface area contributed by atoms with Gasteiger partial charge >= 0.3 is 0 Å². The zero-order valence-corrected chi connectivity index (χ0v) is 13.3. The summed E-state index contributed by atoms with van der Waals surface area (Å²) in [5, 5.41) is 7.19. The molecular formula is C16H11ClN4S. The van der Waals surface area contributed by atoms with E-state index >= 15 is 0 Å². The molecule has 4 rings (SSSR count). The van der Waals surface area contributed by atoms with Crippen molar-refractivity contribution < 1.29 is 0 Å². The van der Waals surface area contributed by atoms with Gasteiger partial charge in [0.25, 0.3) is 0 Å². The van der Waals surface area contributed by atoms with Crippen LogP contribution < -0.4 is 0 Å². The van der Waals surface area contributed by atoms with E-state index < -0.39 is 0 Å². The van der Waals surface area contributed by atoms with E-state index in [2.05, 4.69) is 15.5 Å². The molecule has 108 valence electrons. The molecule has 0 saturated carbocycles. The molecule has 4 aromatic heterocycles. The Morgan fingerprint density at radius 3 is 2.68 bits per heavy atom. The van der Waals surface area contributed by atoms with E-state index in [-0.39, 0.29) is 0 Å². The maximum Gasteiger partial charge on any atom is 0.111 e. The molecule has 0 aliphatic carbocycles. The highest BCUT2D eigenvalue weighted by atomic mass is 35.5. The first-order valence-electron chi connectivity index (χ1n) is 6.70. The molecule has 0 fully saturated rings. The molecule has 0 unspecified atom stereocenters. The van der Waals surface area contributed by atoms with E-state index in [0.717, 1.165) is 32.7 Å². The summed E-state index contributed by atoms with van der Waals surface area (Å²) >= 11 is 8.05. The Balaban J connectivity index is 1.96. The first-order chi connectivity index (χ1) is 10.7. The first kappa shape index (κ1) is 13.4. The normalized spacial score (nSPS) is 11.2. The third-order valence-electron chi connectivity index (χ3n) is 3.44. The number of halogens is 1. The number of aryl methyl sites for hydroxylation is 1. The van der Waals surface area contributed by atoms with Crippen molar-refractivity contribution >= 4 is 33.2 Å². The van der Waals surface area contributed by atoms with Gasteiger partial charge in [0.2, 0.25) is 0 Å². The minimum absolute atomic E-state index is 0.705. The summed E-state index contributed by atoms with van der Waals surface area (Å²) < 4.78 is 2.75. The lowest BCUT2D eigenvalue weighted by atomic mass is 10.1. The molecule has 4 aromatic rings. The highest BCUT2D eigenvalue weighted by Crippen LogP contribution is 2.38. The average molecular weight is 327 g/mol. The molecule has 0 N–H and O–H groups in total.